The van der Waals surface area contributed by atoms with Gasteiger partial charge in [-0.1, -0.05) is 42.5 Å². The van der Waals surface area contributed by atoms with Gasteiger partial charge in [-0.2, -0.15) is 0 Å². The summed E-state index contributed by atoms with van der Waals surface area (Å²) in [6.07, 6.45) is 2.06. The van der Waals surface area contributed by atoms with Crippen LogP contribution in [0, 0.1) is 0 Å². The first-order valence-corrected chi connectivity index (χ1v) is 10.7. The molecule has 2 aromatic rings. The highest BCUT2D eigenvalue weighted by Gasteiger charge is 2.39. The van der Waals surface area contributed by atoms with Gasteiger partial charge in [0.2, 0.25) is 0 Å². The Morgan fingerprint density at radius 3 is 2.48 bits per heavy atom. The quantitative estimate of drug-likeness (QED) is 0.734. The molecule has 2 heterocycles. The molecule has 7 heteroatoms. The van der Waals surface area contributed by atoms with Crippen molar-refractivity contribution in [2.45, 2.75) is 31.3 Å². The van der Waals surface area contributed by atoms with Crippen LogP contribution in [-0.2, 0) is 11.2 Å². The average Bonchev–Trinajstić information content (AvgIpc) is 3.10. The normalized spacial score (nSPS) is 19.9. The maximum atomic E-state index is 12.6. The van der Waals surface area contributed by atoms with E-state index in [9.17, 15) is 9.59 Å². The second-order valence-corrected chi connectivity index (χ2v) is 8.31. The molecule has 0 aromatic heterocycles. The summed E-state index contributed by atoms with van der Waals surface area (Å²) in [5.41, 5.74) is 1.96. The summed E-state index contributed by atoms with van der Waals surface area (Å²) in [6.45, 7) is 1.65. The number of cyclic esters (lactones) is 1. The third kappa shape index (κ3) is 4.56. The predicted octanol–water partition coefficient (Wildman–Crippen LogP) is 4.51. The minimum Gasteiger partial charge on any atom is -0.447 e. The topological polar surface area (TPSA) is 61.9 Å². The molecule has 0 unspecified atom stereocenters. The number of carbonyl (C=O) groups is 2. The van der Waals surface area contributed by atoms with Crippen LogP contribution in [0.15, 0.2) is 59.1 Å². The molecule has 0 bridgehead atoms. The van der Waals surface area contributed by atoms with Crippen molar-refractivity contribution < 1.29 is 14.3 Å². The zero-order valence-electron chi connectivity index (χ0n) is 16.1. The van der Waals surface area contributed by atoms with Crippen molar-refractivity contribution in [3.05, 3.63) is 64.6 Å². The number of nitrogens with zero attached hydrogens (tertiary/aromatic N) is 2. The summed E-state index contributed by atoms with van der Waals surface area (Å²) in [7, 11) is 0. The lowest BCUT2D eigenvalue weighted by atomic mass is 9.99. The Kier molecular flexibility index (Phi) is 6.04. The molecule has 2 aromatic carbocycles. The maximum absolute atomic E-state index is 12.6. The number of amides is 3. The van der Waals surface area contributed by atoms with Crippen molar-refractivity contribution in [1.82, 2.24) is 9.80 Å². The zero-order chi connectivity index (χ0) is 20.2. The molecule has 6 nitrogen and oxygen atoms in total. The molecule has 4 rings (SSSR count). The second kappa shape index (κ2) is 8.86. The van der Waals surface area contributed by atoms with Gasteiger partial charge in [-0.15, -0.1) is 0 Å². The molecular weight excluding hydrogens is 434 g/mol. The lowest BCUT2D eigenvalue weighted by Gasteiger charge is -2.37. The molecular formula is C22H24BrN3O3. The van der Waals surface area contributed by atoms with Gasteiger partial charge in [0.25, 0.3) is 0 Å². The molecule has 0 spiro atoms. The molecule has 3 amide bonds. The molecule has 0 saturated carbocycles. The van der Waals surface area contributed by atoms with E-state index in [1.54, 1.807) is 0 Å². The molecule has 2 aliphatic rings. The number of anilines is 1. The number of nitrogens with one attached hydrogen (secondary N) is 1. The minimum absolute atomic E-state index is 0.0514. The first-order chi connectivity index (χ1) is 14.1. The van der Waals surface area contributed by atoms with Gasteiger partial charge < -0.3 is 15.0 Å². The lowest BCUT2D eigenvalue weighted by Crippen LogP contribution is -2.51. The highest BCUT2D eigenvalue weighted by atomic mass is 79.9. The van der Waals surface area contributed by atoms with Crippen LogP contribution in [0.25, 0.3) is 0 Å². The number of likely N-dealkylation sites (tertiary alicyclic amines) is 1. The molecule has 1 atom stereocenters. The highest BCUT2D eigenvalue weighted by Crippen LogP contribution is 2.27. The van der Waals surface area contributed by atoms with Crippen molar-refractivity contribution in [3.63, 3.8) is 0 Å². The Balaban J connectivity index is 1.35. The van der Waals surface area contributed by atoms with Crippen LogP contribution in [0.1, 0.15) is 18.4 Å². The number of para-hydroxylation sites is 1. The first kappa shape index (κ1) is 19.8. The number of hydrogen-bond acceptors (Lipinski definition) is 3. The van der Waals surface area contributed by atoms with E-state index in [1.165, 1.54) is 5.56 Å². The fourth-order valence-electron chi connectivity index (χ4n) is 4.07. The molecule has 1 N–H and O–H groups in total. The average molecular weight is 458 g/mol. The van der Waals surface area contributed by atoms with Crippen LogP contribution >= 0.6 is 15.9 Å². The standard InChI is InChI=1S/C22H24BrN3O3/c23-19-8-4-5-9-20(19)24-21(27)25-12-10-17(11-13-25)26-18(15-29-22(26)28)14-16-6-2-1-3-7-16/h1-9,17-18H,10-15H2,(H,24,27)/t18-/m0/s1. The summed E-state index contributed by atoms with van der Waals surface area (Å²) in [4.78, 5) is 28.7. The largest absolute Gasteiger partial charge is 0.447 e. The molecule has 2 fully saturated rings. The van der Waals surface area contributed by atoms with Crippen LogP contribution < -0.4 is 5.32 Å². The van der Waals surface area contributed by atoms with E-state index in [2.05, 4.69) is 33.4 Å². The number of benzene rings is 2. The summed E-state index contributed by atoms with van der Waals surface area (Å²) >= 11 is 3.45. The Morgan fingerprint density at radius 2 is 1.76 bits per heavy atom. The van der Waals surface area contributed by atoms with Gasteiger partial charge in [0.05, 0.1) is 11.7 Å². The number of ether oxygens (including phenoxy) is 1. The molecule has 2 saturated heterocycles. The van der Waals surface area contributed by atoms with Crippen LogP contribution in [0.4, 0.5) is 15.3 Å². The maximum Gasteiger partial charge on any atom is 0.410 e. The Labute approximate surface area is 178 Å². The van der Waals surface area contributed by atoms with E-state index in [0.29, 0.717) is 19.7 Å². The van der Waals surface area contributed by atoms with Gasteiger partial charge in [-0.25, -0.2) is 9.59 Å². The fraction of sp³-hybridized carbons (Fsp3) is 0.364. The first-order valence-electron chi connectivity index (χ1n) is 9.91. The molecule has 29 heavy (non-hydrogen) atoms. The third-order valence-corrected chi connectivity index (χ3v) is 6.27. The number of urea groups is 1. The van der Waals surface area contributed by atoms with Gasteiger partial charge in [0, 0.05) is 23.6 Å². The summed E-state index contributed by atoms with van der Waals surface area (Å²) < 4.78 is 6.21. The van der Waals surface area contributed by atoms with Crippen molar-refractivity contribution in [1.29, 1.82) is 0 Å². The minimum atomic E-state index is -0.234. The Bertz CT molecular complexity index is 869. The monoisotopic (exact) mass is 457 g/mol. The Hall–Kier alpha value is -2.54. The van der Waals surface area contributed by atoms with Crippen LogP contribution in [0.5, 0.6) is 0 Å². The van der Waals surface area contributed by atoms with Gasteiger partial charge in [0.1, 0.15) is 6.61 Å². The number of halogens is 1. The predicted molar refractivity (Wildman–Crippen MR) is 115 cm³/mol. The van der Waals surface area contributed by atoms with Crippen molar-refractivity contribution in [2.75, 3.05) is 25.0 Å². The number of piperidine rings is 1. The second-order valence-electron chi connectivity index (χ2n) is 7.46. The Morgan fingerprint density at radius 1 is 1.07 bits per heavy atom. The summed E-state index contributed by atoms with van der Waals surface area (Å²) in [5, 5.41) is 2.95. The fourth-order valence-corrected chi connectivity index (χ4v) is 4.45. The van der Waals surface area contributed by atoms with Crippen molar-refractivity contribution in [2.24, 2.45) is 0 Å². The molecule has 0 radical (unpaired) electrons. The molecule has 152 valence electrons. The SMILES string of the molecule is O=C(Nc1ccccc1Br)N1CCC(N2C(=O)OC[C@@H]2Cc2ccccc2)CC1. The van der Waals surface area contributed by atoms with E-state index in [1.807, 2.05) is 52.3 Å². The number of rotatable bonds is 4. The number of hydrogen-bond donors (Lipinski definition) is 1. The van der Waals surface area contributed by atoms with Gasteiger partial charge in [-0.3, -0.25) is 4.90 Å². The van der Waals surface area contributed by atoms with E-state index in [4.69, 9.17) is 4.74 Å². The van der Waals surface area contributed by atoms with Crippen LogP contribution in [0.3, 0.4) is 0 Å². The van der Waals surface area contributed by atoms with Gasteiger partial charge in [0.15, 0.2) is 0 Å². The molecule has 0 aliphatic carbocycles. The van der Waals surface area contributed by atoms with Crippen molar-refractivity contribution in [3.8, 4) is 0 Å². The molecule has 2 aliphatic heterocycles. The van der Waals surface area contributed by atoms with Crippen LogP contribution in [0.2, 0.25) is 0 Å². The highest BCUT2D eigenvalue weighted by molar-refractivity contribution is 9.10. The summed E-state index contributed by atoms with van der Waals surface area (Å²) in [5.74, 6) is 0. The van der Waals surface area contributed by atoms with Crippen molar-refractivity contribution >= 4 is 33.7 Å². The van der Waals surface area contributed by atoms with E-state index in [0.717, 1.165) is 29.4 Å². The summed E-state index contributed by atoms with van der Waals surface area (Å²) in [6, 6.07) is 17.8. The van der Waals surface area contributed by atoms with Gasteiger partial charge in [-0.05, 0) is 52.9 Å². The van der Waals surface area contributed by atoms with Gasteiger partial charge >= 0.3 is 12.1 Å². The lowest BCUT2D eigenvalue weighted by molar-refractivity contribution is 0.116. The zero-order valence-corrected chi connectivity index (χ0v) is 17.7. The van der Waals surface area contributed by atoms with Crippen LogP contribution in [-0.4, -0.2) is 53.7 Å². The number of carbonyl (C=O) groups excluding carboxylic acids is 2. The van der Waals surface area contributed by atoms with E-state index in [-0.39, 0.29) is 24.2 Å². The third-order valence-electron chi connectivity index (χ3n) is 5.58. The van der Waals surface area contributed by atoms with E-state index >= 15 is 0 Å². The smallest absolute Gasteiger partial charge is 0.410 e. The van der Waals surface area contributed by atoms with E-state index < -0.39 is 0 Å².